The predicted molar refractivity (Wildman–Crippen MR) is 96.2 cm³/mol. The average molecular weight is 352 g/mol. The molecular formula is C18H16N4O4. The molecule has 3 rings (SSSR count). The zero-order valence-corrected chi connectivity index (χ0v) is 14.2. The van der Waals surface area contributed by atoms with Crippen LogP contribution >= 0.6 is 0 Å². The van der Waals surface area contributed by atoms with Crippen LogP contribution in [0.25, 0.3) is 0 Å². The highest BCUT2D eigenvalue weighted by atomic mass is 16.6. The molecule has 8 nitrogen and oxygen atoms in total. The summed E-state index contributed by atoms with van der Waals surface area (Å²) in [6, 6.07) is 14.1. The molecule has 3 aromatic rings. The van der Waals surface area contributed by atoms with Crippen LogP contribution in [0.15, 0.2) is 54.9 Å². The summed E-state index contributed by atoms with van der Waals surface area (Å²) in [5.41, 5.74) is 1.29. The summed E-state index contributed by atoms with van der Waals surface area (Å²) in [6.07, 6.45) is 1.21. The molecule has 1 heterocycles. The maximum absolute atomic E-state index is 11.6. The number of nitro groups is 1. The van der Waals surface area contributed by atoms with E-state index in [-0.39, 0.29) is 17.4 Å². The first-order valence-corrected chi connectivity index (χ1v) is 7.72. The van der Waals surface area contributed by atoms with Gasteiger partial charge in [-0.2, -0.15) is 4.98 Å². The maximum atomic E-state index is 11.6. The Hall–Kier alpha value is -3.68. The Bertz CT molecular complexity index is 929. The van der Waals surface area contributed by atoms with Crippen LogP contribution in [0.3, 0.4) is 0 Å². The summed E-state index contributed by atoms with van der Waals surface area (Å²) in [6.45, 7) is 1.94. The lowest BCUT2D eigenvalue weighted by Crippen LogP contribution is -2.03. The van der Waals surface area contributed by atoms with E-state index >= 15 is 0 Å². The van der Waals surface area contributed by atoms with Crippen LogP contribution in [0.4, 0.5) is 17.2 Å². The van der Waals surface area contributed by atoms with Gasteiger partial charge in [-0.25, -0.2) is 4.98 Å². The molecule has 1 aromatic heterocycles. The monoisotopic (exact) mass is 352 g/mol. The van der Waals surface area contributed by atoms with Crippen molar-refractivity contribution in [3.8, 4) is 17.4 Å². The minimum atomic E-state index is -0.577. The minimum absolute atomic E-state index is 0.0281. The second-order valence-electron chi connectivity index (χ2n) is 5.41. The molecule has 0 fully saturated rings. The van der Waals surface area contributed by atoms with Gasteiger partial charge in [0.2, 0.25) is 5.82 Å². The Kier molecular flexibility index (Phi) is 4.93. The van der Waals surface area contributed by atoms with Crippen LogP contribution in [-0.4, -0.2) is 22.0 Å². The van der Waals surface area contributed by atoms with Gasteiger partial charge in [0.05, 0.1) is 12.0 Å². The van der Waals surface area contributed by atoms with E-state index in [0.29, 0.717) is 17.2 Å². The van der Waals surface area contributed by atoms with Crippen molar-refractivity contribution in [2.24, 2.45) is 0 Å². The normalized spacial score (nSPS) is 10.2. The molecule has 8 heteroatoms. The van der Waals surface area contributed by atoms with E-state index < -0.39 is 4.92 Å². The summed E-state index contributed by atoms with van der Waals surface area (Å²) in [5.74, 6) is 0.951. The summed E-state index contributed by atoms with van der Waals surface area (Å²) >= 11 is 0. The van der Waals surface area contributed by atoms with Gasteiger partial charge in [-0.15, -0.1) is 0 Å². The molecule has 0 saturated carbocycles. The van der Waals surface area contributed by atoms with Gasteiger partial charge in [-0.3, -0.25) is 10.1 Å². The molecule has 0 atom stereocenters. The van der Waals surface area contributed by atoms with E-state index in [9.17, 15) is 10.1 Å². The van der Waals surface area contributed by atoms with E-state index in [1.165, 1.54) is 6.33 Å². The summed E-state index contributed by atoms with van der Waals surface area (Å²) in [5, 5.41) is 14.5. The van der Waals surface area contributed by atoms with Crippen molar-refractivity contribution in [1.82, 2.24) is 9.97 Å². The molecule has 2 aromatic carbocycles. The highest BCUT2D eigenvalue weighted by molar-refractivity contribution is 5.69. The number of ether oxygens (including phenoxy) is 2. The topological polar surface area (TPSA) is 99.4 Å². The van der Waals surface area contributed by atoms with Crippen molar-refractivity contribution in [2.45, 2.75) is 6.92 Å². The Balaban J connectivity index is 1.95. The molecule has 0 aliphatic heterocycles. The number of nitrogens with zero attached hydrogens (tertiary/aromatic N) is 3. The lowest BCUT2D eigenvalue weighted by molar-refractivity contribution is -0.385. The summed E-state index contributed by atoms with van der Waals surface area (Å²) in [7, 11) is 1.54. The summed E-state index contributed by atoms with van der Waals surface area (Å²) < 4.78 is 10.7. The number of benzene rings is 2. The highest BCUT2D eigenvalue weighted by Gasteiger charge is 2.25. The number of anilines is 2. The van der Waals surface area contributed by atoms with Gasteiger partial charge in [0.1, 0.15) is 17.8 Å². The Morgan fingerprint density at radius 3 is 2.54 bits per heavy atom. The quantitative estimate of drug-likeness (QED) is 0.523. The molecule has 0 spiro atoms. The number of rotatable bonds is 6. The van der Waals surface area contributed by atoms with Crippen LogP contribution in [0.2, 0.25) is 0 Å². The molecular weight excluding hydrogens is 336 g/mol. The smallest absolute Gasteiger partial charge is 0.373 e. The number of hydrogen-bond acceptors (Lipinski definition) is 7. The first kappa shape index (κ1) is 17.2. The molecule has 0 unspecified atom stereocenters. The lowest BCUT2D eigenvalue weighted by atomic mass is 10.2. The third-order valence-corrected chi connectivity index (χ3v) is 3.54. The number of nitrogens with one attached hydrogen (secondary N) is 1. The van der Waals surface area contributed by atoms with Crippen LogP contribution < -0.4 is 14.8 Å². The van der Waals surface area contributed by atoms with E-state index in [1.807, 2.05) is 19.1 Å². The van der Waals surface area contributed by atoms with E-state index in [0.717, 1.165) is 5.56 Å². The van der Waals surface area contributed by atoms with Gasteiger partial charge < -0.3 is 14.8 Å². The SMILES string of the molecule is COc1cccc(Nc2ncnc(Oc3ccc(C)cc3)c2[N+](=O)[O-])c1. The van der Waals surface area contributed by atoms with Gasteiger partial charge in [-0.05, 0) is 31.2 Å². The van der Waals surface area contributed by atoms with E-state index in [2.05, 4.69) is 15.3 Å². The Morgan fingerprint density at radius 1 is 1.08 bits per heavy atom. The maximum Gasteiger partial charge on any atom is 0.373 e. The fourth-order valence-corrected chi connectivity index (χ4v) is 2.25. The molecule has 26 heavy (non-hydrogen) atoms. The number of aromatic nitrogens is 2. The van der Waals surface area contributed by atoms with Gasteiger partial charge in [-0.1, -0.05) is 23.8 Å². The third kappa shape index (κ3) is 3.86. The van der Waals surface area contributed by atoms with E-state index in [1.54, 1.807) is 43.5 Å². The predicted octanol–water partition coefficient (Wildman–Crippen LogP) is 4.24. The van der Waals surface area contributed by atoms with Crippen LogP contribution in [-0.2, 0) is 0 Å². The Morgan fingerprint density at radius 2 is 1.85 bits per heavy atom. The zero-order valence-electron chi connectivity index (χ0n) is 14.2. The third-order valence-electron chi connectivity index (χ3n) is 3.54. The molecule has 0 aliphatic carbocycles. The van der Waals surface area contributed by atoms with Crippen molar-refractivity contribution in [1.29, 1.82) is 0 Å². The fraction of sp³-hybridized carbons (Fsp3) is 0.111. The number of methoxy groups -OCH3 is 1. The van der Waals surface area contributed by atoms with Gasteiger partial charge in [0, 0.05) is 11.8 Å². The first-order valence-electron chi connectivity index (χ1n) is 7.72. The van der Waals surface area contributed by atoms with Gasteiger partial charge >= 0.3 is 11.6 Å². The zero-order chi connectivity index (χ0) is 18.5. The molecule has 0 radical (unpaired) electrons. The van der Waals surface area contributed by atoms with E-state index in [4.69, 9.17) is 9.47 Å². The van der Waals surface area contributed by atoms with Gasteiger partial charge in [0.15, 0.2) is 0 Å². The average Bonchev–Trinajstić information content (AvgIpc) is 2.64. The van der Waals surface area contributed by atoms with Crippen molar-refractivity contribution in [3.05, 3.63) is 70.5 Å². The Labute approximate surface area is 149 Å². The summed E-state index contributed by atoms with van der Waals surface area (Å²) in [4.78, 5) is 18.9. The standard InChI is InChI=1S/C18H16N4O4/c1-12-6-8-14(9-7-12)26-18-16(22(23)24)17(19-11-20-18)21-13-4-3-5-15(10-13)25-2/h3-11H,1-2H3,(H,19,20,21). The van der Waals surface area contributed by atoms with Crippen molar-refractivity contribution in [3.63, 3.8) is 0 Å². The molecule has 0 bridgehead atoms. The highest BCUT2D eigenvalue weighted by Crippen LogP contribution is 2.35. The van der Waals surface area contributed by atoms with Crippen LogP contribution in [0, 0.1) is 17.0 Å². The molecule has 132 valence electrons. The minimum Gasteiger partial charge on any atom is -0.497 e. The second-order valence-corrected chi connectivity index (χ2v) is 5.41. The first-order chi connectivity index (χ1) is 12.6. The molecule has 0 saturated heterocycles. The lowest BCUT2D eigenvalue weighted by Gasteiger charge is -2.10. The van der Waals surface area contributed by atoms with Crippen molar-refractivity contribution >= 4 is 17.2 Å². The van der Waals surface area contributed by atoms with Crippen LogP contribution in [0.5, 0.6) is 17.4 Å². The fourth-order valence-electron chi connectivity index (χ4n) is 2.25. The van der Waals surface area contributed by atoms with Crippen molar-refractivity contribution < 1.29 is 14.4 Å². The number of aryl methyl sites for hydroxylation is 1. The number of hydrogen-bond donors (Lipinski definition) is 1. The molecule has 0 aliphatic rings. The second kappa shape index (κ2) is 7.47. The molecule has 0 amide bonds. The largest absolute Gasteiger partial charge is 0.497 e. The van der Waals surface area contributed by atoms with Crippen LogP contribution in [0.1, 0.15) is 5.56 Å². The van der Waals surface area contributed by atoms with Gasteiger partial charge in [0.25, 0.3) is 0 Å². The van der Waals surface area contributed by atoms with Crippen molar-refractivity contribution in [2.75, 3.05) is 12.4 Å². The molecule has 1 N–H and O–H groups in total.